The second-order valence-corrected chi connectivity index (χ2v) is 12.8. The van der Waals surface area contributed by atoms with Crippen LogP contribution in [-0.4, -0.2) is 100 Å². The summed E-state index contributed by atoms with van der Waals surface area (Å²) >= 11 is 7.92. The number of likely N-dealkylation sites (tertiary alicyclic amines) is 1. The highest BCUT2D eigenvalue weighted by Gasteiger charge is 2.52. The predicted molar refractivity (Wildman–Crippen MR) is 132 cm³/mol. The predicted octanol–water partition coefficient (Wildman–Crippen LogP) is 2.52. The monoisotopic (exact) mass is 538 g/mol. The number of piperidine rings is 1. The van der Waals surface area contributed by atoms with Crippen molar-refractivity contribution in [3.63, 3.8) is 0 Å². The van der Waals surface area contributed by atoms with Crippen LogP contribution in [0, 0.1) is 5.92 Å². The van der Waals surface area contributed by atoms with Crippen LogP contribution in [0.2, 0.25) is 0 Å². The van der Waals surface area contributed by atoms with Gasteiger partial charge in [0.1, 0.15) is 6.04 Å². The fraction of sp³-hybridized carbons (Fsp3) is 0.957. The Morgan fingerprint density at radius 2 is 1.89 bits per heavy atom. The topological polar surface area (TPSA) is 62.9 Å². The van der Waals surface area contributed by atoms with Gasteiger partial charge in [-0.25, -0.2) is 10.4 Å². The Hall–Kier alpha value is -0.300. The number of hydrogen-bond donors (Lipinski definition) is 3. The Bertz CT molecular complexity index is 772. The van der Waals surface area contributed by atoms with Crippen molar-refractivity contribution >= 4 is 29.3 Å². The van der Waals surface area contributed by atoms with E-state index in [9.17, 15) is 18.0 Å². The second kappa shape index (κ2) is 10.5. The van der Waals surface area contributed by atoms with Crippen molar-refractivity contribution in [2.45, 2.75) is 105 Å². The number of halogens is 4. The van der Waals surface area contributed by atoms with Gasteiger partial charge in [-0.15, -0.1) is 23.4 Å². The van der Waals surface area contributed by atoms with Crippen molar-refractivity contribution in [1.29, 1.82) is 0 Å². The third kappa shape index (κ3) is 5.20. The molecule has 4 heterocycles. The van der Waals surface area contributed by atoms with Gasteiger partial charge in [0, 0.05) is 49.3 Å². The molecule has 5 fully saturated rings. The molecule has 0 bridgehead atoms. The maximum atomic E-state index is 14.3. The standard InChI is InChI=1S/C23H38ClF3N6OS/c1-13-20(29-12-35-13)22(34)31(2)21(23(25,26)27)14-5-7-15(8-6-14)32-9-3-4-16-17(32)11-28-19-10-18(24)30-33(16)19/h13-21,28-30H,3-12H2,1-2H3/t13?,14?,15?,16?,17?,18?,19?,20?,21-/m0/s1. The molecule has 0 radical (unpaired) electrons. The highest BCUT2D eigenvalue weighted by Crippen LogP contribution is 2.41. The minimum Gasteiger partial charge on any atom is -0.332 e. The van der Waals surface area contributed by atoms with E-state index in [-0.39, 0.29) is 23.0 Å². The third-order valence-electron chi connectivity index (χ3n) is 8.90. The first-order valence-electron chi connectivity index (χ1n) is 13.0. The van der Waals surface area contributed by atoms with Crippen LogP contribution in [0.15, 0.2) is 0 Å². The van der Waals surface area contributed by atoms with Crippen molar-refractivity contribution in [2.75, 3.05) is 26.0 Å². The minimum absolute atomic E-state index is 0.0236. The van der Waals surface area contributed by atoms with E-state index in [1.165, 1.54) is 7.05 Å². The molecule has 5 rings (SSSR count). The molecule has 7 atom stereocenters. The fourth-order valence-corrected chi connectivity index (χ4v) is 8.43. The molecule has 0 aromatic carbocycles. The van der Waals surface area contributed by atoms with Crippen molar-refractivity contribution in [2.24, 2.45) is 5.92 Å². The van der Waals surface area contributed by atoms with Crippen molar-refractivity contribution in [3.05, 3.63) is 0 Å². The fourth-order valence-electron chi connectivity index (χ4n) is 7.20. The van der Waals surface area contributed by atoms with Crippen LogP contribution in [0.1, 0.15) is 51.9 Å². The Kier molecular flexibility index (Phi) is 7.86. The lowest BCUT2D eigenvalue weighted by molar-refractivity contribution is -0.202. The summed E-state index contributed by atoms with van der Waals surface area (Å²) in [7, 11) is 1.34. The lowest BCUT2D eigenvalue weighted by Gasteiger charge is -2.53. The summed E-state index contributed by atoms with van der Waals surface area (Å²) < 4.78 is 42.8. The molecule has 0 aromatic heterocycles. The molecular formula is C23H38ClF3N6OS. The summed E-state index contributed by atoms with van der Waals surface area (Å²) in [5.41, 5.74) is 3.35. The molecule has 5 aliphatic rings. The SMILES string of the molecule is CC1SCNC1C(=O)N(C)[C@@H](C1CCC(N2CCCC3C2CNC2CC(Cl)NN23)CC1)C(F)(F)F. The van der Waals surface area contributed by atoms with Gasteiger partial charge in [-0.05, 0) is 51.0 Å². The molecule has 1 amide bonds. The molecule has 1 aliphatic carbocycles. The van der Waals surface area contributed by atoms with E-state index in [4.69, 9.17) is 11.6 Å². The number of likely N-dealkylation sites (N-methyl/N-ethyl adjacent to an activating group) is 1. The van der Waals surface area contributed by atoms with Gasteiger partial charge in [0.2, 0.25) is 5.91 Å². The average molecular weight is 539 g/mol. The van der Waals surface area contributed by atoms with E-state index in [0.29, 0.717) is 30.8 Å². The molecule has 4 aliphatic heterocycles. The summed E-state index contributed by atoms with van der Waals surface area (Å²) in [5, 5.41) is 8.96. The zero-order valence-electron chi connectivity index (χ0n) is 20.4. The molecule has 7 nitrogen and oxygen atoms in total. The maximum Gasteiger partial charge on any atom is 0.409 e. The molecule has 200 valence electrons. The number of fused-ring (bicyclic) bond motifs is 3. The summed E-state index contributed by atoms with van der Waals surface area (Å²) in [6.45, 7) is 3.78. The lowest BCUT2D eigenvalue weighted by Crippen LogP contribution is -2.70. The number of carbonyl (C=O) groups is 1. The highest BCUT2D eigenvalue weighted by atomic mass is 35.5. The van der Waals surface area contributed by atoms with E-state index < -0.39 is 30.1 Å². The molecule has 0 aromatic rings. The number of nitrogens with zero attached hydrogens (tertiary/aromatic N) is 3. The van der Waals surface area contributed by atoms with Crippen LogP contribution < -0.4 is 16.1 Å². The largest absolute Gasteiger partial charge is 0.409 e. The van der Waals surface area contributed by atoms with E-state index in [2.05, 4.69) is 26.0 Å². The molecular weight excluding hydrogens is 501 g/mol. The molecule has 0 spiro atoms. The molecule has 3 N–H and O–H groups in total. The van der Waals surface area contributed by atoms with Gasteiger partial charge in [-0.1, -0.05) is 6.92 Å². The third-order valence-corrected chi connectivity index (χ3v) is 10.3. The second-order valence-electron chi connectivity index (χ2n) is 10.9. The lowest BCUT2D eigenvalue weighted by atomic mass is 9.78. The molecule has 6 unspecified atom stereocenters. The summed E-state index contributed by atoms with van der Waals surface area (Å²) in [6.07, 6.45) is 1.35. The summed E-state index contributed by atoms with van der Waals surface area (Å²) in [4.78, 5) is 16.5. The van der Waals surface area contributed by atoms with Crippen molar-refractivity contribution < 1.29 is 18.0 Å². The summed E-state index contributed by atoms with van der Waals surface area (Å²) in [6, 6.07) is -1.27. The number of carbonyl (C=O) groups excluding carboxylic acids is 1. The number of nitrogens with one attached hydrogen (secondary N) is 3. The van der Waals surface area contributed by atoms with Gasteiger partial charge < -0.3 is 4.90 Å². The number of hydrazine groups is 1. The van der Waals surface area contributed by atoms with Gasteiger partial charge in [-0.2, -0.15) is 13.2 Å². The summed E-state index contributed by atoms with van der Waals surface area (Å²) in [5.74, 6) is -0.403. The first kappa shape index (κ1) is 26.3. The van der Waals surface area contributed by atoms with Crippen LogP contribution in [0.4, 0.5) is 13.2 Å². The minimum atomic E-state index is -4.44. The zero-order chi connectivity index (χ0) is 24.9. The highest BCUT2D eigenvalue weighted by molar-refractivity contribution is 8.00. The zero-order valence-corrected chi connectivity index (χ0v) is 22.0. The molecule has 35 heavy (non-hydrogen) atoms. The number of rotatable bonds is 4. The quantitative estimate of drug-likeness (QED) is 0.375. The van der Waals surface area contributed by atoms with Crippen LogP contribution in [-0.2, 0) is 4.79 Å². The Labute approximate surface area is 215 Å². The molecule has 1 saturated carbocycles. The van der Waals surface area contributed by atoms with E-state index in [0.717, 1.165) is 50.1 Å². The van der Waals surface area contributed by atoms with Crippen molar-refractivity contribution in [3.8, 4) is 0 Å². The van der Waals surface area contributed by atoms with Crippen LogP contribution in [0.25, 0.3) is 0 Å². The Morgan fingerprint density at radius 1 is 1.14 bits per heavy atom. The Morgan fingerprint density at radius 3 is 2.54 bits per heavy atom. The maximum absolute atomic E-state index is 14.3. The number of hydrogen-bond acceptors (Lipinski definition) is 7. The van der Waals surface area contributed by atoms with Crippen LogP contribution in [0.3, 0.4) is 0 Å². The van der Waals surface area contributed by atoms with Crippen molar-refractivity contribution in [1.82, 2.24) is 30.9 Å². The normalized spacial score (nSPS) is 41.9. The average Bonchev–Trinajstić information content (AvgIpc) is 3.42. The molecule has 4 saturated heterocycles. The molecule has 12 heteroatoms. The first-order chi connectivity index (χ1) is 16.6. The smallest absolute Gasteiger partial charge is 0.332 e. The van der Waals surface area contributed by atoms with E-state index >= 15 is 0 Å². The van der Waals surface area contributed by atoms with Gasteiger partial charge >= 0.3 is 6.18 Å². The first-order valence-corrected chi connectivity index (χ1v) is 14.5. The Balaban J connectivity index is 1.23. The van der Waals surface area contributed by atoms with E-state index in [1.54, 1.807) is 11.8 Å². The van der Waals surface area contributed by atoms with Gasteiger partial charge in [0.05, 0.1) is 17.7 Å². The number of thioether (sulfide) groups is 1. The number of alkyl halides is 4. The van der Waals surface area contributed by atoms with Crippen LogP contribution in [0.5, 0.6) is 0 Å². The van der Waals surface area contributed by atoms with Gasteiger partial charge in [0.15, 0.2) is 0 Å². The van der Waals surface area contributed by atoms with Gasteiger partial charge in [0.25, 0.3) is 0 Å². The van der Waals surface area contributed by atoms with E-state index in [1.807, 2.05) is 6.92 Å². The van der Waals surface area contributed by atoms with Crippen LogP contribution >= 0.6 is 23.4 Å². The number of amides is 1. The van der Waals surface area contributed by atoms with Gasteiger partial charge in [-0.3, -0.25) is 20.3 Å².